The molecule has 1 aromatic carbocycles. The highest BCUT2D eigenvalue weighted by atomic mass is 32.2. The smallest absolute Gasteiger partial charge is 0.149 e. The summed E-state index contributed by atoms with van der Waals surface area (Å²) in [4.78, 5) is 0. The average Bonchev–Trinajstić information content (AvgIpc) is 3.11. The Balaban J connectivity index is 2.14. The maximum absolute atomic E-state index is 11.5. The van der Waals surface area contributed by atoms with Crippen molar-refractivity contribution in [2.24, 2.45) is 0 Å². The van der Waals surface area contributed by atoms with E-state index < -0.39 is 9.84 Å². The normalized spacial score (nSPS) is 17.2. The maximum atomic E-state index is 11.5. The zero-order valence-corrected chi connectivity index (χ0v) is 12.2. The van der Waals surface area contributed by atoms with E-state index in [1.165, 1.54) is 6.26 Å². The number of hydrogen-bond acceptors (Lipinski definition) is 4. The van der Waals surface area contributed by atoms with Crippen LogP contribution in [0.1, 0.15) is 31.4 Å². The van der Waals surface area contributed by atoms with E-state index >= 15 is 0 Å². The van der Waals surface area contributed by atoms with Gasteiger partial charge in [-0.3, -0.25) is 0 Å². The number of hydrogen-bond donors (Lipinski definition) is 1. The summed E-state index contributed by atoms with van der Waals surface area (Å²) in [5.74, 6) is 0.935. The number of sulfone groups is 1. The molecule has 0 spiro atoms. The maximum Gasteiger partial charge on any atom is 0.149 e. The molecule has 0 aliphatic heterocycles. The Bertz CT molecular complexity index is 523. The van der Waals surface area contributed by atoms with Crippen LogP contribution in [0, 0.1) is 0 Å². The molecule has 1 aliphatic rings. The fraction of sp³-hybridized carbons (Fsp3) is 0.571. The van der Waals surface area contributed by atoms with Gasteiger partial charge in [-0.2, -0.15) is 0 Å². The Kier molecular flexibility index (Phi) is 4.47. The summed E-state index contributed by atoms with van der Waals surface area (Å²) in [5, 5.41) is 3.22. The predicted molar refractivity (Wildman–Crippen MR) is 76.2 cm³/mol. The lowest BCUT2D eigenvalue weighted by molar-refractivity contribution is 0.302. The van der Waals surface area contributed by atoms with Gasteiger partial charge in [0, 0.05) is 12.3 Å². The van der Waals surface area contributed by atoms with E-state index in [2.05, 4.69) is 5.32 Å². The minimum atomic E-state index is -3.02. The molecule has 1 aliphatic carbocycles. The summed E-state index contributed by atoms with van der Waals surface area (Å²) >= 11 is 0. The lowest BCUT2D eigenvalue weighted by atomic mass is 10.1. The van der Waals surface area contributed by atoms with Crippen LogP contribution >= 0.6 is 0 Å². The highest BCUT2D eigenvalue weighted by Crippen LogP contribution is 2.28. The first kappa shape index (κ1) is 14.3. The Morgan fingerprint density at radius 2 is 2.16 bits per heavy atom. The highest BCUT2D eigenvalue weighted by Gasteiger charge is 2.24. The molecule has 5 heteroatoms. The van der Waals surface area contributed by atoms with Crippen LogP contribution in [-0.2, 0) is 9.84 Å². The van der Waals surface area contributed by atoms with E-state index in [0.29, 0.717) is 6.10 Å². The molecule has 0 bridgehead atoms. The van der Waals surface area contributed by atoms with Crippen LogP contribution < -0.4 is 10.1 Å². The lowest BCUT2D eigenvalue weighted by Crippen LogP contribution is -2.27. The van der Waals surface area contributed by atoms with Crippen molar-refractivity contribution in [1.82, 2.24) is 5.32 Å². The summed E-state index contributed by atoms with van der Waals surface area (Å²) in [6.45, 7) is 2.70. The van der Waals surface area contributed by atoms with Crippen molar-refractivity contribution in [3.8, 4) is 5.75 Å². The Labute approximate surface area is 115 Å². The fourth-order valence-electron chi connectivity index (χ4n) is 2.01. The van der Waals surface area contributed by atoms with E-state index in [0.717, 1.165) is 30.7 Å². The first-order valence-corrected chi connectivity index (χ1v) is 8.71. The molecular formula is C14H21NO3S. The largest absolute Gasteiger partial charge is 0.490 e. The third-order valence-corrected chi connectivity index (χ3v) is 3.95. The summed E-state index contributed by atoms with van der Waals surface area (Å²) in [6, 6.07) is 7.54. The van der Waals surface area contributed by atoms with Gasteiger partial charge < -0.3 is 10.1 Å². The Hall–Kier alpha value is -1.07. The molecule has 0 amide bonds. The van der Waals surface area contributed by atoms with E-state index in [9.17, 15) is 8.42 Å². The van der Waals surface area contributed by atoms with Gasteiger partial charge in [-0.25, -0.2) is 8.42 Å². The highest BCUT2D eigenvalue weighted by molar-refractivity contribution is 7.90. The number of rotatable bonds is 7. The van der Waals surface area contributed by atoms with Gasteiger partial charge in [-0.1, -0.05) is 19.1 Å². The predicted octanol–water partition coefficient (Wildman–Crippen LogP) is 1.92. The summed E-state index contributed by atoms with van der Waals surface area (Å²) < 4.78 is 28.7. The van der Waals surface area contributed by atoms with E-state index in [4.69, 9.17) is 4.74 Å². The van der Waals surface area contributed by atoms with Gasteiger partial charge in [-0.15, -0.1) is 0 Å². The molecule has 0 radical (unpaired) electrons. The SMILES string of the molecule is CCNC(CS(C)(=O)=O)c1cccc(OC2CC2)c1. The zero-order chi connectivity index (χ0) is 13.9. The number of nitrogens with one attached hydrogen (secondary N) is 1. The van der Waals surface area contributed by atoms with Crippen molar-refractivity contribution in [2.45, 2.75) is 31.9 Å². The van der Waals surface area contributed by atoms with Crippen molar-refractivity contribution in [1.29, 1.82) is 0 Å². The molecule has 0 heterocycles. The third-order valence-electron chi connectivity index (χ3n) is 3.01. The van der Waals surface area contributed by atoms with Crippen molar-refractivity contribution >= 4 is 9.84 Å². The first-order chi connectivity index (χ1) is 8.98. The zero-order valence-electron chi connectivity index (χ0n) is 11.4. The van der Waals surface area contributed by atoms with Gasteiger partial charge in [0.05, 0.1) is 11.9 Å². The molecule has 2 rings (SSSR count). The van der Waals surface area contributed by atoms with E-state index in [1.54, 1.807) is 0 Å². The van der Waals surface area contributed by atoms with Gasteiger partial charge in [0.1, 0.15) is 15.6 Å². The molecule has 1 saturated carbocycles. The lowest BCUT2D eigenvalue weighted by Gasteiger charge is -2.18. The molecule has 1 N–H and O–H groups in total. The molecule has 1 atom stereocenters. The van der Waals surface area contributed by atoms with Crippen molar-refractivity contribution in [2.75, 3.05) is 18.6 Å². The van der Waals surface area contributed by atoms with E-state index in [-0.39, 0.29) is 11.8 Å². The molecule has 106 valence electrons. The average molecular weight is 283 g/mol. The third kappa shape index (κ3) is 4.84. The van der Waals surface area contributed by atoms with Crippen LogP contribution in [-0.4, -0.2) is 33.1 Å². The number of ether oxygens (including phenoxy) is 1. The first-order valence-electron chi connectivity index (χ1n) is 6.65. The van der Waals surface area contributed by atoms with Crippen LogP contribution in [0.4, 0.5) is 0 Å². The van der Waals surface area contributed by atoms with Crippen LogP contribution in [0.15, 0.2) is 24.3 Å². The summed E-state index contributed by atoms with van der Waals surface area (Å²) in [6.07, 6.45) is 3.85. The standard InChI is InChI=1S/C14H21NO3S/c1-3-15-14(10-19(2,16)17)11-5-4-6-13(9-11)18-12-7-8-12/h4-6,9,12,14-15H,3,7-8,10H2,1-2H3. The second-order valence-corrected chi connectivity index (χ2v) is 7.28. The van der Waals surface area contributed by atoms with Crippen LogP contribution in [0.2, 0.25) is 0 Å². The van der Waals surface area contributed by atoms with Gasteiger partial charge in [-0.05, 0) is 37.1 Å². The molecule has 0 aromatic heterocycles. The molecule has 1 unspecified atom stereocenters. The summed E-state index contributed by atoms with van der Waals surface area (Å²) in [7, 11) is -3.02. The van der Waals surface area contributed by atoms with Crippen molar-refractivity contribution in [3.63, 3.8) is 0 Å². The minimum Gasteiger partial charge on any atom is -0.490 e. The summed E-state index contributed by atoms with van der Waals surface area (Å²) in [5.41, 5.74) is 0.963. The second kappa shape index (κ2) is 5.92. The Morgan fingerprint density at radius 1 is 1.42 bits per heavy atom. The minimum absolute atomic E-state index is 0.105. The molecule has 19 heavy (non-hydrogen) atoms. The van der Waals surface area contributed by atoms with Crippen LogP contribution in [0.25, 0.3) is 0 Å². The monoisotopic (exact) mass is 283 g/mol. The van der Waals surface area contributed by atoms with Crippen LogP contribution in [0.5, 0.6) is 5.75 Å². The van der Waals surface area contributed by atoms with Gasteiger partial charge in [0.2, 0.25) is 0 Å². The molecular weight excluding hydrogens is 262 g/mol. The van der Waals surface area contributed by atoms with Crippen LogP contribution in [0.3, 0.4) is 0 Å². The second-order valence-electron chi connectivity index (χ2n) is 5.09. The Morgan fingerprint density at radius 3 is 2.74 bits per heavy atom. The molecule has 1 aromatic rings. The van der Waals surface area contributed by atoms with Gasteiger partial charge in [0.15, 0.2) is 0 Å². The quantitative estimate of drug-likeness (QED) is 0.830. The van der Waals surface area contributed by atoms with Crippen molar-refractivity contribution in [3.05, 3.63) is 29.8 Å². The topological polar surface area (TPSA) is 55.4 Å². The molecule has 1 fully saturated rings. The number of benzene rings is 1. The molecule has 4 nitrogen and oxygen atoms in total. The van der Waals surface area contributed by atoms with Crippen molar-refractivity contribution < 1.29 is 13.2 Å². The van der Waals surface area contributed by atoms with E-state index in [1.807, 2.05) is 31.2 Å². The van der Waals surface area contributed by atoms with Gasteiger partial charge in [0.25, 0.3) is 0 Å². The van der Waals surface area contributed by atoms with Gasteiger partial charge >= 0.3 is 0 Å². The molecule has 0 saturated heterocycles. The fourth-order valence-corrected chi connectivity index (χ4v) is 2.92.